The number of halogens is 3. The van der Waals surface area contributed by atoms with E-state index in [1.54, 1.807) is 13.0 Å². The zero-order valence-electron chi connectivity index (χ0n) is 13.9. The number of aromatic nitrogens is 1. The normalized spacial score (nSPS) is 19.6. The number of nitrogens with two attached hydrogens (primary N) is 1. The van der Waals surface area contributed by atoms with Crippen LogP contribution in [0.15, 0.2) is 35.5 Å². The molecule has 0 saturated carbocycles. The highest BCUT2D eigenvalue weighted by molar-refractivity contribution is 6.33. The van der Waals surface area contributed by atoms with E-state index in [-0.39, 0.29) is 23.2 Å². The van der Waals surface area contributed by atoms with Crippen molar-refractivity contribution in [2.75, 3.05) is 6.61 Å². The van der Waals surface area contributed by atoms with Gasteiger partial charge in [0, 0.05) is 18.4 Å². The minimum absolute atomic E-state index is 0.00178. The van der Waals surface area contributed by atoms with Gasteiger partial charge in [-0.2, -0.15) is 0 Å². The van der Waals surface area contributed by atoms with Gasteiger partial charge < -0.3 is 10.5 Å². The standard InChI is InChI=1S/C18H16ClF2N3O2/c1-18(4-5-26-17(22)24-18)12-6-10(2-3-14(12)21)7-15(25)16-13(19)8-11(20)9-23-16/h2-3,6,8-9H,4-5,7H2,1H3,(H2,22,24)/t18-/m0/s1. The van der Waals surface area contributed by atoms with E-state index in [4.69, 9.17) is 22.1 Å². The number of hydrogen-bond donors (Lipinski definition) is 1. The molecule has 1 aliphatic heterocycles. The molecule has 0 spiro atoms. The molecule has 1 aliphatic rings. The predicted octanol–water partition coefficient (Wildman–Crippen LogP) is 3.39. The first-order valence-electron chi connectivity index (χ1n) is 7.90. The van der Waals surface area contributed by atoms with Gasteiger partial charge in [-0.1, -0.05) is 17.7 Å². The fourth-order valence-corrected chi connectivity index (χ4v) is 3.12. The van der Waals surface area contributed by atoms with Gasteiger partial charge in [0.2, 0.25) is 0 Å². The number of hydrogen-bond acceptors (Lipinski definition) is 5. The molecule has 0 fully saturated rings. The SMILES string of the molecule is C[C@@]1(c2cc(CC(=O)c3ncc(F)cc3Cl)ccc2F)CCOC(N)=N1. The Bertz CT molecular complexity index is 904. The molecule has 0 bridgehead atoms. The first-order chi connectivity index (χ1) is 12.3. The second kappa shape index (κ2) is 6.99. The highest BCUT2D eigenvalue weighted by atomic mass is 35.5. The van der Waals surface area contributed by atoms with Gasteiger partial charge >= 0.3 is 0 Å². The average molecular weight is 380 g/mol. The number of rotatable bonds is 4. The maximum absolute atomic E-state index is 14.4. The summed E-state index contributed by atoms with van der Waals surface area (Å²) >= 11 is 5.88. The third-order valence-corrected chi connectivity index (χ3v) is 4.53. The number of ether oxygens (including phenoxy) is 1. The van der Waals surface area contributed by atoms with Crippen LogP contribution in [-0.2, 0) is 16.7 Å². The molecule has 2 aromatic rings. The van der Waals surface area contributed by atoms with Crippen LogP contribution in [0.3, 0.4) is 0 Å². The molecule has 136 valence electrons. The summed E-state index contributed by atoms with van der Waals surface area (Å²) in [5.41, 5.74) is 5.60. The van der Waals surface area contributed by atoms with Crippen LogP contribution < -0.4 is 5.73 Å². The van der Waals surface area contributed by atoms with Gasteiger partial charge in [0.05, 0.1) is 23.4 Å². The van der Waals surface area contributed by atoms with Crippen molar-refractivity contribution in [3.8, 4) is 0 Å². The molecule has 1 aromatic heterocycles. The maximum atomic E-state index is 14.4. The summed E-state index contributed by atoms with van der Waals surface area (Å²) in [6.07, 6.45) is 1.32. The molecule has 0 saturated heterocycles. The first kappa shape index (κ1) is 18.3. The molecule has 3 rings (SSSR count). The van der Waals surface area contributed by atoms with Gasteiger partial charge in [-0.3, -0.25) is 4.79 Å². The lowest BCUT2D eigenvalue weighted by molar-refractivity contribution is 0.0988. The van der Waals surface area contributed by atoms with Crippen molar-refractivity contribution in [3.63, 3.8) is 0 Å². The number of carbonyl (C=O) groups excluding carboxylic acids is 1. The highest BCUT2D eigenvalue weighted by Gasteiger charge is 2.33. The number of ketones is 1. The number of nitrogens with zero attached hydrogens (tertiary/aromatic N) is 2. The Balaban J connectivity index is 1.90. The molecule has 5 nitrogen and oxygen atoms in total. The van der Waals surface area contributed by atoms with Crippen LogP contribution in [0.25, 0.3) is 0 Å². The number of aliphatic imine (C=N–C) groups is 1. The van der Waals surface area contributed by atoms with E-state index in [1.807, 2.05) is 0 Å². The van der Waals surface area contributed by atoms with E-state index in [2.05, 4.69) is 9.98 Å². The highest BCUT2D eigenvalue weighted by Crippen LogP contribution is 2.34. The Kier molecular flexibility index (Phi) is 4.91. The summed E-state index contributed by atoms with van der Waals surface area (Å²) in [6.45, 7) is 2.08. The number of pyridine rings is 1. The smallest absolute Gasteiger partial charge is 0.282 e. The Morgan fingerprint density at radius 2 is 2.15 bits per heavy atom. The van der Waals surface area contributed by atoms with Crippen LogP contribution in [0.4, 0.5) is 8.78 Å². The van der Waals surface area contributed by atoms with Crippen molar-refractivity contribution in [2.24, 2.45) is 10.7 Å². The van der Waals surface area contributed by atoms with Gasteiger partial charge in [-0.05, 0) is 30.7 Å². The number of Topliss-reactive ketones (excluding diaryl/α,β-unsaturated/α-hetero) is 1. The van der Waals surface area contributed by atoms with Gasteiger partial charge in [0.1, 0.15) is 17.3 Å². The molecular weight excluding hydrogens is 364 g/mol. The zero-order chi connectivity index (χ0) is 18.9. The molecule has 0 unspecified atom stereocenters. The molecule has 8 heteroatoms. The Morgan fingerprint density at radius 3 is 2.85 bits per heavy atom. The number of benzene rings is 1. The second-order valence-electron chi connectivity index (χ2n) is 6.22. The largest absolute Gasteiger partial charge is 0.465 e. The molecule has 1 atom stereocenters. The number of carbonyl (C=O) groups is 1. The molecule has 2 heterocycles. The summed E-state index contributed by atoms with van der Waals surface area (Å²) < 4.78 is 32.6. The lowest BCUT2D eigenvalue weighted by Gasteiger charge is -2.30. The molecule has 0 aliphatic carbocycles. The summed E-state index contributed by atoms with van der Waals surface area (Å²) in [5, 5.41) is -0.0638. The third-order valence-electron chi connectivity index (χ3n) is 4.24. The van der Waals surface area contributed by atoms with E-state index in [1.165, 1.54) is 12.1 Å². The van der Waals surface area contributed by atoms with Gasteiger partial charge in [0.25, 0.3) is 6.02 Å². The maximum Gasteiger partial charge on any atom is 0.282 e. The molecule has 1 aromatic carbocycles. The lowest BCUT2D eigenvalue weighted by Crippen LogP contribution is -2.34. The topological polar surface area (TPSA) is 77.6 Å². The number of amidine groups is 1. The van der Waals surface area contributed by atoms with E-state index < -0.39 is 23.0 Å². The van der Waals surface area contributed by atoms with Gasteiger partial charge in [-0.25, -0.2) is 18.8 Å². The van der Waals surface area contributed by atoms with Gasteiger partial charge in [0.15, 0.2) is 5.78 Å². The fourth-order valence-electron chi connectivity index (χ4n) is 2.86. The van der Waals surface area contributed by atoms with E-state index in [0.29, 0.717) is 24.2 Å². The quantitative estimate of drug-likeness (QED) is 0.826. The Morgan fingerprint density at radius 1 is 1.38 bits per heavy atom. The van der Waals surface area contributed by atoms with E-state index in [0.717, 1.165) is 12.3 Å². The summed E-state index contributed by atoms with van der Waals surface area (Å²) in [6, 6.07) is 5.39. The zero-order valence-corrected chi connectivity index (χ0v) is 14.7. The van der Waals surface area contributed by atoms with Crippen LogP contribution in [0, 0.1) is 11.6 Å². The summed E-state index contributed by atoms with van der Waals surface area (Å²) in [5.74, 6) is -1.47. The van der Waals surface area contributed by atoms with Crippen molar-refractivity contribution in [2.45, 2.75) is 25.3 Å². The monoisotopic (exact) mass is 379 g/mol. The molecule has 0 radical (unpaired) electrons. The lowest BCUT2D eigenvalue weighted by atomic mass is 9.87. The minimum atomic E-state index is -0.878. The first-order valence-corrected chi connectivity index (χ1v) is 8.27. The van der Waals surface area contributed by atoms with E-state index in [9.17, 15) is 13.6 Å². The van der Waals surface area contributed by atoms with Crippen LogP contribution in [-0.4, -0.2) is 23.4 Å². The van der Waals surface area contributed by atoms with Crippen molar-refractivity contribution in [1.29, 1.82) is 0 Å². The molecule has 0 amide bonds. The molecule has 2 N–H and O–H groups in total. The minimum Gasteiger partial charge on any atom is -0.465 e. The summed E-state index contributed by atoms with van der Waals surface area (Å²) in [7, 11) is 0. The van der Waals surface area contributed by atoms with Crippen molar-refractivity contribution < 1.29 is 18.3 Å². The average Bonchev–Trinajstić information content (AvgIpc) is 2.56. The Hall–Kier alpha value is -2.54. The van der Waals surface area contributed by atoms with Crippen molar-refractivity contribution in [1.82, 2.24) is 4.98 Å². The third kappa shape index (κ3) is 3.67. The summed E-state index contributed by atoms with van der Waals surface area (Å²) in [4.78, 5) is 20.4. The fraction of sp³-hybridized carbons (Fsp3) is 0.278. The molecule has 26 heavy (non-hydrogen) atoms. The second-order valence-corrected chi connectivity index (χ2v) is 6.63. The van der Waals surface area contributed by atoms with Gasteiger partial charge in [-0.15, -0.1) is 0 Å². The van der Waals surface area contributed by atoms with Crippen LogP contribution in [0.2, 0.25) is 5.02 Å². The van der Waals surface area contributed by atoms with Crippen molar-refractivity contribution in [3.05, 3.63) is 63.9 Å². The van der Waals surface area contributed by atoms with Crippen LogP contribution in [0.5, 0.6) is 0 Å². The molecular formula is C18H16ClF2N3O2. The van der Waals surface area contributed by atoms with E-state index >= 15 is 0 Å². The van der Waals surface area contributed by atoms with Crippen LogP contribution in [0.1, 0.15) is 35.0 Å². The van der Waals surface area contributed by atoms with Crippen LogP contribution >= 0.6 is 11.6 Å². The predicted molar refractivity (Wildman–Crippen MR) is 93.2 cm³/mol. The van der Waals surface area contributed by atoms with Crippen molar-refractivity contribution >= 4 is 23.4 Å². The Labute approximate surface area is 153 Å².